The minimum atomic E-state index is -0.269. The molecule has 2 saturated carbocycles. The molecule has 3 heteroatoms. The molecule has 0 aromatic rings. The Labute approximate surface area is 97.0 Å². The molecule has 2 rings (SSSR count). The summed E-state index contributed by atoms with van der Waals surface area (Å²) in [4.78, 5) is 0. The Balaban J connectivity index is 1.81. The maximum Gasteiger partial charge on any atom is 0.0611 e. The van der Waals surface area contributed by atoms with E-state index in [9.17, 15) is 5.11 Å². The molecular formula is C12H23NOS. The summed E-state index contributed by atoms with van der Waals surface area (Å²) in [6.45, 7) is 0.161. The summed E-state index contributed by atoms with van der Waals surface area (Å²) >= 11 is 2.15. The first-order chi connectivity index (χ1) is 7.22. The Hall–Kier alpha value is 0.270. The molecule has 3 N–H and O–H groups in total. The lowest BCUT2D eigenvalue weighted by atomic mass is 9.83. The smallest absolute Gasteiger partial charge is 0.0611 e. The van der Waals surface area contributed by atoms with Gasteiger partial charge in [-0.25, -0.2) is 0 Å². The molecule has 0 aromatic carbocycles. The van der Waals surface area contributed by atoms with Crippen molar-refractivity contribution in [2.45, 2.75) is 67.4 Å². The van der Waals surface area contributed by atoms with Gasteiger partial charge >= 0.3 is 0 Å². The Kier molecular flexibility index (Phi) is 3.97. The van der Waals surface area contributed by atoms with E-state index in [1.807, 2.05) is 0 Å². The number of rotatable bonds is 3. The molecule has 15 heavy (non-hydrogen) atoms. The molecule has 0 aromatic heterocycles. The lowest BCUT2D eigenvalue weighted by Gasteiger charge is -2.37. The van der Waals surface area contributed by atoms with Crippen LogP contribution in [0.1, 0.15) is 51.4 Å². The molecule has 0 amide bonds. The van der Waals surface area contributed by atoms with Crippen molar-refractivity contribution < 1.29 is 5.11 Å². The summed E-state index contributed by atoms with van der Waals surface area (Å²) in [5, 5.41) is 10.9. The second kappa shape index (κ2) is 5.07. The van der Waals surface area contributed by atoms with Crippen molar-refractivity contribution >= 4 is 11.8 Å². The van der Waals surface area contributed by atoms with Gasteiger partial charge in [-0.3, -0.25) is 0 Å². The summed E-state index contributed by atoms with van der Waals surface area (Å²) in [5.74, 6) is 0. The van der Waals surface area contributed by atoms with Gasteiger partial charge in [0.05, 0.1) is 6.61 Å². The molecular weight excluding hydrogens is 206 g/mol. The van der Waals surface area contributed by atoms with E-state index < -0.39 is 0 Å². The van der Waals surface area contributed by atoms with Crippen LogP contribution in [0.3, 0.4) is 0 Å². The van der Waals surface area contributed by atoms with Crippen LogP contribution in [0.15, 0.2) is 0 Å². The Morgan fingerprint density at radius 2 is 1.80 bits per heavy atom. The fourth-order valence-corrected chi connectivity index (χ4v) is 4.78. The fraction of sp³-hybridized carbons (Fsp3) is 1.00. The number of aliphatic hydroxyl groups is 1. The van der Waals surface area contributed by atoms with Crippen molar-refractivity contribution in [3.63, 3.8) is 0 Å². The molecule has 2 fully saturated rings. The van der Waals surface area contributed by atoms with E-state index in [1.165, 1.54) is 38.5 Å². The number of aliphatic hydroxyl groups excluding tert-OH is 1. The van der Waals surface area contributed by atoms with Crippen LogP contribution in [0.25, 0.3) is 0 Å². The van der Waals surface area contributed by atoms with Gasteiger partial charge in [-0.2, -0.15) is 11.8 Å². The van der Waals surface area contributed by atoms with Gasteiger partial charge in [0.15, 0.2) is 0 Å². The predicted octanol–water partition coefficient (Wildman–Crippen LogP) is 2.29. The zero-order valence-corrected chi connectivity index (χ0v) is 10.3. The van der Waals surface area contributed by atoms with Crippen molar-refractivity contribution in [2.24, 2.45) is 5.73 Å². The van der Waals surface area contributed by atoms with Gasteiger partial charge in [0, 0.05) is 16.0 Å². The molecule has 88 valence electrons. The van der Waals surface area contributed by atoms with Crippen molar-refractivity contribution in [1.82, 2.24) is 0 Å². The molecule has 0 heterocycles. The van der Waals surface area contributed by atoms with Crippen LogP contribution in [0.4, 0.5) is 0 Å². The average Bonchev–Trinajstić information content (AvgIpc) is 2.71. The molecule has 0 radical (unpaired) electrons. The third-order valence-electron chi connectivity index (χ3n) is 3.84. The third kappa shape index (κ3) is 3.11. The van der Waals surface area contributed by atoms with Crippen LogP contribution < -0.4 is 5.73 Å². The van der Waals surface area contributed by atoms with Crippen LogP contribution in [-0.4, -0.2) is 27.8 Å². The lowest BCUT2D eigenvalue weighted by molar-refractivity contribution is 0.159. The second-order valence-corrected chi connectivity index (χ2v) is 6.89. The van der Waals surface area contributed by atoms with E-state index in [0.717, 1.165) is 18.1 Å². The summed E-state index contributed by atoms with van der Waals surface area (Å²) < 4.78 is 0. The predicted molar refractivity (Wildman–Crippen MR) is 66.1 cm³/mol. The van der Waals surface area contributed by atoms with E-state index in [1.54, 1.807) is 0 Å². The summed E-state index contributed by atoms with van der Waals surface area (Å²) in [5.41, 5.74) is 5.89. The van der Waals surface area contributed by atoms with Crippen molar-refractivity contribution in [1.29, 1.82) is 0 Å². The van der Waals surface area contributed by atoms with Gasteiger partial charge in [-0.05, 0) is 32.1 Å². The highest BCUT2D eigenvalue weighted by atomic mass is 32.2. The van der Waals surface area contributed by atoms with Gasteiger partial charge in [-0.1, -0.05) is 19.3 Å². The minimum Gasteiger partial charge on any atom is -0.394 e. The van der Waals surface area contributed by atoms with Gasteiger partial charge < -0.3 is 10.8 Å². The van der Waals surface area contributed by atoms with Crippen molar-refractivity contribution in [3.8, 4) is 0 Å². The number of thioether (sulfide) groups is 1. The van der Waals surface area contributed by atoms with Crippen LogP contribution in [-0.2, 0) is 0 Å². The van der Waals surface area contributed by atoms with Crippen molar-refractivity contribution in [3.05, 3.63) is 0 Å². The number of hydrogen-bond acceptors (Lipinski definition) is 3. The first-order valence-corrected chi connectivity index (χ1v) is 7.21. The van der Waals surface area contributed by atoms with Gasteiger partial charge in [-0.15, -0.1) is 0 Å². The number of hydrogen-bond donors (Lipinski definition) is 2. The van der Waals surface area contributed by atoms with Gasteiger partial charge in [0.2, 0.25) is 0 Å². The normalized spacial score (nSPS) is 38.4. The zero-order valence-electron chi connectivity index (χ0n) is 9.45. The van der Waals surface area contributed by atoms with E-state index in [2.05, 4.69) is 11.8 Å². The van der Waals surface area contributed by atoms with Gasteiger partial charge in [0.1, 0.15) is 0 Å². The molecule has 2 unspecified atom stereocenters. The van der Waals surface area contributed by atoms with E-state index in [-0.39, 0.29) is 12.1 Å². The maximum absolute atomic E-state index is 9.29. The molecule has 0 aliphatic heterocycles. The average molecular weight is 229 g/mol. The summed E-state index contributed by atoms with van der Waals surface area (Å²) in [6.07, 6.45) is 10.2. The first kappa shape index (κ1) is 11.7. The lowest BCUT2D eigenvalue weighted by Crippen LogP contribution is -2.48. The Bertz CT molecular complexity index is 206. The zero-order chi connectivity index (χ0) is 10.7. The molecule has 2 aliphatic rings. The summed E-state index contributed by atoms with van der Waals surface area (Å²) in [6, 6.07) is 0. The molecule has 0 bridgehead atoms. The van der Waals surface area contributed by atoms with Crippen LogP contribution in [0, 0.1) is 0 Å². The van der Waals surface area contributed by atoms with E-state index in [0.29, 0.717) is 5.25 Å². The standard InChI is InChI=1S/C12H23NOS/c13-12(9-14)7-3-6-11(8-12)15-10-4-1-2-5-10/h10-11,14H,1-9,13H2. The molecule has 0 saturated heterocycles. The minimum absolute atomic E-state index is 0.161. The monoisotopic (exact) mass is 229 g/mol. The largest absolute Gasteiger partial charge is 0.394 e. The third-order valence-corrected chi connectivity index (χ3v) is 5.48. The Morgan fingerprint density at radius 1 is 1.13 bits per heavy atom. The second-order valence-electron chi connectivity index (χ2n) is 5.28. The van der Waals surface area contributed by atoms with Gasteiger partial charge in [0.25, 0.3) is 0 Å². The highest BCUT2D eigenvalue weighted by Crippen LogP contribution is 2.39. The molecule has 0 spiro atoms. The quantitative estimate of drug-likeness (QED) is 0.780. The topological polar surface area (TPSA) is 46.2 Å². The SMILES string of the molecule is NC1(CO)CCCC(SC2CCCC2)C1. The van der Waals surface area contributed by atoms with Crippen LogP contribution in [0.5, 0.6) is 0 Å². The van der Waals surface area contributed by atoms with Crippen molar-refractivity contribution in [2.75, 3.05) is 6.61 Å². The maximum atomic E-state index is 9.29. The molecule has 2 aliphatic carbocycles. The molecule has 2 nitrogen and oxygen atoms in total. The van der Waals surface area contributed by atoms with E-state index >= 15 is 0 Å². The number of nitrogens with two attached hydrogens (primary N) is 1. The Morgan fingerprint density at radius 3 is 2.47 bits per heavy atom. The van der Waals surface area contributed by atoms with Crippen LogP contribution >= 0.6 is 11.8 Å². The molecule has 2 atom stereocenters. The highest BCUT2D eigenvalue weighted by Gasteiger charge is 2.33. The van der Waals surface area contributed by atoms with Crippen LogP contribution in [0.2, 0.25) is 0 Å². The first-order valence-electron chi connectivity index (χ1n) is 6.27. The van der Waals surface area contributed by atoms with E-state index in [4.69, 9.17) is 5.73 Å². The fourth-order valence-electron chi connectivity index (χ4n) is 2.90. The summed E-state index contributed by atoms with van der Waals surface area (Å²) in [7, 11) is 0. The highest BCUT2D eigenvalue weighted by molar-refractivity contribution is 8.00.